The molecule has 0 radical (unpaired) electrons. The van der Waals surface area contributed by atoms with Crippen LogP contribution in [0, 0.1) is 11.8 Å². The van der Waals surface area contributed by atoms with Crippen molar-refractivity contribution < 1.29 is 4.74 Å². The Kier molecular flexibility index (Phi) is 2.97. The van der Waals surface area contributed by atoms with Crippen LogP contribution in [0.25, 0.3) is 10.8 Å². The fourth-order valence-electron chi connectivity index (χ4n) is 3.38. The van der Waals surface area contributed by atoms with E-state index in [-0.39, 0.29) is 0 Å². The molecule has 6 heteroatoms. The lowest BCUT2D eigenvalue weighted by Gasteiger charge is -2.31. The van der Waals surface area contributed by atoms with Gasteiger partial charge in [-0.2, -0.15) is 0 Å². The lowest BCUT2D eigenvalue weighted by molar-refractivity contribution is 0.0392. The normalized spacial score (nSPS) is 28.8. The van der Waals surface area contributed by atoms with Crippen LogP contribution in [0.15, 0.2) is 18.5 Å². The molecule has 5 nitrogen and oxygen atoms in total. The number of hydrogen-bond donors (Lipinski definition) is 1. The molecule has 20 heavy (non-hydrogen) atoms. The Labute approximate surface area is 121 Å². The van der Waals surface area contributed by atoms with Crippen LogP contribution in [-0.2, 0) is 4.74 Å². The Bertz CT molecular complexity index is 634. The molecule has 2 aliphatic rings. The first-order valence-corrected chi connectivity index (χ1v) is 7.31. The lowest BCUT2D eigenvalue weighted by atomic mass is 9.96. The molecule has 1 saturated carbocycles. The van der Waals surface area contributed by atoms with Gasteiger partial charge in [0.15, 0.2) is 11.0 Å². The molecule has 1 saturated heterocycles. The van der Waals surface area contributed by atoms with Gasteiger partial charge in [-0.1, -0.05) is 11.6 Å². The van der Waals surface area contributed by atoms with Crippen molar-refractivity contribution in [2.45, 2.75) is 18.9 Å². The predicted molar refractivity (Wildman–Crippen MR) is 76.8 cm³/mol. The van der Waals surface area contributed by atoms with Crippen molar-refractivity contribution in [3.8, 4) is 0 Å². The summed E-state index contributed by atoms with van der Waals surface area (Å²) in [6.07, 6.45) is 5.94. The fourth-order valence-corrected chi connectivity index (χ4v) is 3.57. The summed E-state index contributed by atoms with van der Waals surface area (Å²) in [5, 5.41) is 14.0. The van der Waals surface area contributed by atoms with Gasteiger partial charge in [-0.15, -0.1) is 10.2 Å². The van der Waals surface area contributed by atoms with Crippen molar-refractivity contribution in [1.82, 2.24) is 15.2 Å². The molecule has 0 aromatic carbocycles. The Hall–Kier alpha value is -1.46. The molecular formula is C14H15ClN4O. The standard InChI is InChI=1S/C14H15ClN4O/c15-13-11-5-16-4-3-10(11)14(19-18-13)17-12-8-1-2-9(12)7-20-6-8/h3-5,8-9,12H,1-2,6-7H2,(H,17,19)/t8-,9+,12?. The van der Waals surface area contributed by atoms with E-state index < -0.39 is 0 Å². The van der Waals surface area contributed by atoms with E-state index in [0.717, 1.165) is 29.8 Å². The van der Waals surface area contributed by atoms with Gasteiger partial charge in [0.25, 0.3) is 0 Å². The van der Waals surface area contributed by atoms with Crippen LogP contribution >= 0.6 is 11.6 Å². The number of nitrogens with zero attached hydrogens (tertiary/aromatic N) is 3. The van der Waals surface area contributed by atoms with Crippen LogP contribution in [0.3, 0.4) is 0 Å². The van der Waals surface area contributed by atoms with Gasteiger partial charge in [-0.05, 0) is 18.9 Å². The molecule has 1 aliphatic heterocycles. The van der Waals surface area contributed by atoms with Crippen molar-refractivity contribution in [2.24, 2.45) is 11.8 Å². The van der Waals surface area contributed by atoms with Gasteiger partial charge < -0.3 is 10.1 Å². The van der Waals surface area contributed by atoms with Crippen LogP contribution in [0.5, 0.6) is 0 Å². The monoisotopic (exact) mass is 290 g/mol. The summed E-state index contributed by atoms with van der Waals surface area (Å²) < 4.78 is 5.62. The molecule has 1 N–H and O–H groups in total. The number of ether oxygens (including phenoxy) is 1. The molecule has 2 bridgehead atoms. The molecule has 104 valence electrons. The molecule has 1 unspecified atom stereocenters. The molecule has 1 aliphatic carbocycles. The van der Waals surface area contributed by atoms with Gasteiger partial charge in [0.1, 0.15) is 0 Å². The quantitative estimate of drug-likeness (QED) is 0.921. The SMILES string of the molecule is Clc1nnc(NC2[C@@H]3CC[C@H]2COC3)c2ccncc12. The maximum atomic E-state index is 6.08. The zero-order valence-electron chi connectivity index (χ0n) is 10.9. The number of fused-ring (bicyclic) bond motifs is 3. The molecule has 2 fully saturated rings. The topological polar surface area (TPSA) is 59.9 Å². The second-order valence-corrected chi connectivity index (χ2v) is 5.92. The fraction of sp³-hybridized carbons (Fsp3) is 0.500. The molecule has 0 amide bonds. The molecule has 0 spiro atoms. The number of nitrogens with one attached hydrogen (secondary N) is 1. The van der Waals surface area contributed by atoms with Crippen molar-refractivity contribution in [3.05, 3.63) is 23.6 Å². The van der Waals surface area contributed by atoms with Gasteiger partial charge in [0.2, 0.25) is 0 Å². The highest BCUT2D eigenvalue weighted by atomic mass is 35.5. The summed E-state index contributed by atoms with van der Waals surface area (Å²) in [6.45, 7) is 1.68. The zero-order valence-corrected chi connectivity index (χ0v) is 11.7. The Balaban J connectivity index is 1.71. The van der Waals surface area contributed by atoms with Gasteiger partial charge in [0, 0.05) is 41.0 Å². The van der Waals surface area contributed by atoms with Gasteiger partial charge >= 0.3 is 0 Å². The van der Waals surface area contributed by atoms with E-state index in [9.17, 15) is 0 Å². The second-order valence-electron chi connectivity index (χ2n) is 5.57. The van der Waals surface area contributed by atoms with E-state index in [1.807, 2.05) is 6.07 Å². The second kappa shape index (κ2) is 4.82. The summed E-state index contributed by atoms with van der Waals surface area (Å²) in [4.78, 5) is 4.10. The first-order chi connectivity index (χ1) is 9.83. The van der Waals surface area contributed by atoms with E-state index in [4.69, 9.17) is 16.3 Å². The maximum absolute atomic E-state index is 6.08. The van der Waals surface area contributed by atoms with Crippen LogP contribution in [-0.4, -0.2) is 34.4 Å². The Morgan fingerprint density at radius 2 is 1.95 bits per heavy atom. The highest BCUT2D eigenvalue weighted by Crippen LogP contribution is 2.38. The number of anilines is 1. The molecular weight excluding hydrogens is 276 g/mol. The third-order valence-electron chi connectivity index (χ3n) is 4.43. The third-order valence-corrected chi connectivity index (χ3v) is 4.71. The van der Waals surface area contributed by atoms with E-state index in [0.29, 0.717) is 23.0 Å². The van der Waals surface area contributed by atoms with Crippen LogP contribution in [0.4, 0.5) is 5.82 Å². The van der Waals surface area contributed by atoms with E-state index in [2.05, 4.69) is 20.5 Å². The highest BCUT2D eigenvalue weighted by molar-refractivity contribution is 6.34. The van der Waals surface area contributed by atoms with E-state index in [1.165, 1.54) is 12.8 Å². The largest absolute Gasteiger partial charge is 0.381 e. The number of halogens is 1. The number of rotatable bonds is 2. The Morgan fingerprint density at radius 3 is 2.75 bits per heavy atom. The maximum Gasteiger partial charge on any atom is 0.161 e. The smallest absolute Gasteiger partial charge is 0.161 e. The number of aromatic nitrogens is 3. The molecule has 2 aromatic heterocycles. The van der Waals surface area contributed by atoms with Gasteiger partial charge in [0.05, 0.1) is 13.2 Å². The summed E-state index contributed by atoms with van der Waals surface area (Å²) in [5.41, 5.74) is 0. The van der Waals surface area contributed by atoms with E-state index >= 15 is 0 Å². The summed E-state index contributed by atoms with van der Waals surface area (Å²) in [7, 11) is 0. The molecule has 4 rings (SSSR count). The average molecular weight is 291 g/mol. The third kappa shape index (κ3) is 1.93. The minimum absolute atomic E-state index is 0.397. The summed E-state index contributed by atoms with van der Waals surface area (Å²) >= 11 is 6.08. The van der Waals surface area contributed by atoms with Crippen LogP contribution in [0.2, 0.25) is 5.15 Å². The first kappa shape index (κ1) is 12.3. The van der Waals surface area contributed by atoms with Crippen molar-refractivity contribution in [3.63, 3.8) is 0 Å². The van der Waals surface area contributed by atoms with Crippen LogP contribution in [0.1, 0.15) is 12.8 Å². The summed E-state index contributed by atoms with van der Waals surface area (Å²) in [5.74, 6) is 1.95. The first-order valence-electron chi connectivity index (χ1n) is 6.93. The minimum atomic E-state index is 0.397. The molecule has 2 aromatic rings. The van der Waals surface area contributed by atoms with Crippen LogP contribution < -0.4 is 5.32 Å². The Morgan fingerprint density at radius 1 is 1.15 bits per heavy atom. The predicted octanol–water partition coefficient (Wildman–Crippen LogP) is 2.52. The zero-order chi connectivity index (χ0) is 13.5. The van der Waals surface area contributed by atoms with Gasteiger partial charge in [-0.3, -0.25) is 4.98 Å². The molecule has 3 atom stereocenters. The number of pyridine rings is 1. The summed E-state index contributed by atoms with van der Waals surface area (Å²) in [6, 6.07) is 2.36. The highest BCUT2D eigenvalue weighted by Gasteiger charge is 2.40. The minimum Gasteiger partial charge on any atom is -0.381 e. The van der Waals surface area contributed by atoms with Crippen molar-refractivity contribution in [1.29, 1.82) is 0 Å². The lowest BCUT2D eigenvalue weighted by Crippen LogP contribution is -2.39. The van der Waals surface area contributed by atoms with Crippen molar-refractivity contribution >= 4 is 28.2 Å². The van der Waals surface area contributed by atoms with Crippen molar-refractivity contribution in [2.75, 3.05) is 18.5 Å². The molecule has 3 heterocycles. The number of hydrogen-bond acceptors (Lipinski definition) is 5. The van der Waals surface area contributed by atoms with Gasteiger partial charge in [-0.25, -0.2) is 0 Å². The van der Waals surface area contributed by atoms with E-state index in [1.54, 1.807) is 12.4 Å². The average Bonchev–Trinajstić information content (AvgIpc) is 2.71.